The summed E-state index contributed by atoms with van der Waals surface area (Å²) < 4.78 is 15.3. The van der Waals surface area contributed by atoms with E-state index in [0.717, 1.165) is 0 Å². The molecule has 0 unspecified atom stereocenters. The van der Waals surface area contributed by atoms with Crippen LogP contribution in [0.1, 0.15) is 24.2 Å². The molecular formula is C21H23NO6. The summed E-state index contributed by atoms with van der Waals surface area (Å²) in [5, 5.41) is 0. The minimum absolute atomic E-state index is 0.211. The molecule has 0 heterocycles. The number of amides is 1. The molecular weight excluding hydrogens is 362 g/mol. The first-order chi connectivity index (χ1) is 13.5. The van der Waals surface area contributed by atoms with Gasteiger partial charge in [-0.25, -0.2) is 4.79 Å². The van der Waals surface area contributed by atoms with Gasteiger partial charge in [-0.1, -0.05) is 18.2 Å². The smallest absolute Gasteiger partial charge is 0.338 e. The van der Waals surface area contributed by atoms with Crippen LogP contribution in [0.3, 0.4) is 0 Å². The zero-order valence-electron chi connectivity index (χ0n) is 15.9. The minimum atomic E-state index is -0.638. The number of nitrogens with zero attached hydrogens (tertiary/aromatic N) is 1. The fraction of sp³-hybridized carbons (Fsp3) is 0.286. The van der Waals surface area contributed by atoms with Crippen LogP contribution in [0.2, 0.25) is 0 Å². The highest BCUT2D eigenvalue weighted by Gasteiger charge is 2.21. The Labute approximate surface area is 163 Å². The number of esters is 2. The second-order valence-electron chi connectivity index (χ2n) is 5.65. The largest absolute Gasteiger partial charge is 0.494 e. The lowest BCUT2D eigenvalue weighted by molar-refractivity contribution is -0.142. The first-order valence-electron chi connectivity index (χ1n) is 8.96. The number of para-hydroxylation sites is 1. The molecule has 0 spiro atoms. The van der Waals surface area contributed by atoms with E-state index in [1.54, 1.807) is 61.5 Å². The highest BCUT2D eigenvalue weighted by atomic mass is 16.5. The second-order valence-corrected chi connectivity index (χ2v) is 5.65. The number of hydrogen-bond acceptors (Lipinski definition) is 6. The Bertz CT molecular complexity index is 788. The molecule has 0 radical (unpaired) electrons. The molecule has 0 aliphatic heterocycles. The van der Waals surface area contributed by atoms with Crippen LogP contribution in [-0.2, 0) is 19.1 Å². The van der Waals surface area contributed by atoms with Gasteiger partial charge in [-0.3, -0.25) is 14.5 Å². The topological polar surface area (TPSA) is 82.1 Å². The van der Waals surface area contributed by atoms with Crippen LogP contribution in [0, 0.1) is 0 Å². The quantitative estimate of drug-likeness (QED) is 0.618. The van der Waals surface area contributed by atoms with E-state index >= 15 is 0 Å². The van der Waals surface area contributed by atoms with Crippen LogP contribution in [0.4, 0.5) is 5.69 Å². The third kappa shape index (κ3) is 6.12. The Hall–Kier alpha value is -3.35. The highest BCUT2D eigenvalue weighted by Crippen LogP contribution is 2.15. The number of carbonyl (C=O) groups is 3. The predicted octanol–water partition coefficient (Wildman–Crippen LogP) is 2.84. The van der Waals surface area contributed by atoms with E-state index in [1.807, 2.05) is 6.92 Å². The number of ether oxygens (including phenoxy) is 3. The number of rotatable bonds is 9. The molecule has 0 saturated heterocycles. The van der Waals surface area contributed by atoms with Gasteiger partial charge in [-0.05, 0) is 50.2 Å². The van der Waals surface area contributed by atoms with Crippen LogP contribution >= 0.6 is 0 Å². The third-order valence-electron chi connectivity index (χ3n) is 3.69. The van der Waals surface area contributed by atoms with Gasteiger partial charge in [0.05, 0.1) is 18.8 Å². The molecule has 1 amide bonds. The van der Waals surface area contributed by atoms with Crippen molar-refractivity contribution in [1.82, 2.24) is 0 Å². The summed E-state index contributed by atoms with van der Waals surface area (Å²) in [6.45, 7) is 3.52. The van der Waals surface area contributed by atoms with E-state index in [9.17, 15) is 14.4 Å². The summed E-state index contributed by atoms with van der Waals surface area (Å²) in [7, 11) is 0. The monoisotopic (exact) mass is 385 g/mol. The summed E-state index contributed by atoms with van der Waals surface area (Å²) in [6.07, 6.45) is 0. The van der Waals surface area contributed by atoms with Crippen LogP contribution in [0.5, 0.6) is 5.75 Å². The number of benzene rings is 2. The zero-order chi connectivity index (χ0) is 20.4. The molecule has 0 saturated carbocycles. The molecule has 0 atom stereocenters. The number of anilines is 1. The van der Waals surface area contributed by atoms with Gasteiger partial charge in [0.25, 0.3) is 5.91 Å². The van der Waals surface area contributed by atoms with Gasteiger partial charge in [-0.15, -0.1) is 0 Å². The lowest BCUT2D eigenvalue weighted by Crippen LogP contribution is -2.39. The summed E-state index contributed by atoms with van der Waals surface area (Å²) >= 11 is 0. The first-order valence-corrected chi connectivity index (χ1v) is 8.96. The van der Waals surface area contributed by atoms with Gasteiger partial charge in [0, 0.05) is 5.69 Å². The number of carbonyl (C=O) groups excluding carboxylic acids is 3. The molecule has 148 valence electrons. The summed E-state index contributed by atoms with van der Waals surface area (Å²) in [4.78, 5) is 37.8. The summed E-state index contributed by atoms with van der Waals surface area (Å²) in [6, 6.07) is 15.1. The number of hydrogen-bond donors (Lipinski definition) is 0. The van der Waals surface area contributed by atoms with Crippen molar-refractivity contribution >= 4 is 23.5 Å². The van der Waals surface area contributed by atoms with Gasteiger partial charge in [0.1, 0.15) is 12.3 Å². The Balaban J connectivity index is 2.02. The fourth-order valence-electron chi connectivity index (χ4n) is 2.41. The zero-order valence-corrected chi connectivity index (χ0v) is 15.9. The van der Waals surface area contributed by atoms with Crippen molar-refractivity contribution in [2.75, 3.05) is 31.3 Å². The average Bonchev–Trinajstić information content (AvgIpc) is 2.71. The molecule has 7 heteroatoms. The molecule has 2 rings (SSSR count). The lowest BCUT2D eigenvalue weighted by atomic mass is 10.2. The van der Waals surface area contributed by atoms with Crippen molar-refractivity contribution in [3.63, 3.8) is 0 Å². The molecule has 2 aromatic carbocycles. The van der Waals surface area contributed by atoms with Gasteiger partial charge >= 0.3 is 11.9 Å². The second kappa shape index (κ2) is 10.7. The molecule has 0 aromatic heterocycles. The van der Waals surface area contributed by atoms with Crippen LogP contribution in [0.25, 0.3) is 0 Å². The Morgan fingerprint density at radius 2 is 1.54 bits per heavy atom. The fourth-order valence-corrected chi connectivity index (χ4v) is 2.41. The van der Waals surface area contributed by atoms with Gasteiger partial charge in [-0.2, -0.15) is 0 Å². The summed E-state index contributed by atoms with van der Waals surface area (Å²) in [5.41, 5.74) is 0.811. The summed E-state index contributed by atoms with van der Waals surface area (Å²) in [5.74, 6) is -1.07. The normalized spacial score (nSPS) is 10.1. The van der Waals surface area contributed by atoms with Crippen LogP contribution in [0.15, 0.2) is 54.6 Å². The Morgan fingerprint density at radius 3 is 2.14 bits per heavy atom. The predicted molar refractivity (Wildman–Crippen MR) is 103 cm³/mol. The van der Waals surface area contributed by atoms with E-state index in [1.165, 1.54) is 4.90 Å². The molecule has 0 aliphatic rings. The van der Waals surface area contributed by atoms with Crippen molar-refractivity contribution in [3.05, 3.63) is 60.2 Å². The first kappa shape index (κ1) is 21.0. The van der Waals surface area contributed by atoms with Crippen LogP contribution < -0.4 is 9.64 Å². The van der Waals surface area contributed by atoms with Gasteiger partial charge < -0.3 is 14.2 Å². The van der Waals surface area contributed by atoms with Crippen molar-refractivity contribution in [2.24, 2.45) is 0 Å². The van der Waals surface area contributed by atoms with Crippen molar-refractivity contribution in [1.29, 1.82) is 0 Å². The Kier molecular flexibility index (Phi) is 8.02. The molecule has 7 nitrogen and oxygen atoms in total. The maximum absolute atomic E-state index is 12.6. The standard InChI is InChI=1S/C21H23NO6/c1-3-26-18-12-10-16(11-13-18)21(25)28-15-19(23)22(14-20(24)27-4-2)17-8-6-5-7-9-17/h5-13H,3-4,14-15H2,1-2H3. The molecule has 2 aromatic rings. The maximum atomic E-state index is 12.6. The van der Waals surface area contributed by atoms with E-state index in [4.69, 9.17) is 14.2 Å². The van der Waals surface area contributed by atoms with E-state index in [2.05, 4.69) is 0 Å². The van der Waals surface area contributed by atoms with Crippen LogP contribution in [-0.4, -0.2) is 44.2 Å². The van der Waals surface area contributed by atoms with E-state index in [-0.39, 0.29) is 13.2 Å². The minimum Gasteiger partial charge on any atom is -0.494 e. The van der Waals surface area contributed by atoms with E-state index in [0.29, 0.717) is 23.6 Å². The maximum Gasteiger partial charge on any atom is 0.338 e. The van der Waals surface area contributed by atoms with Gasteiger partial charge in [0.2, 0.25) is 0 Å². The lowest BCUT2D eigenvalue weighted by Gasteiger charge is -2.21. The molecule has 0 aliphatic carbocycles. The van der Waals surface area contributed by atoms with E-state index < -0.39 is 24.5 Å². The molecule has 0 bridgehead atoms. The third-order valence-corrected chi connectivity index (χ3v) is 3.69. The average molecular weight is 385 g/mol. The van der Waals surface area contributed by atoms with Crippen molar-refractivity contribution < 1.29 is 28.6 Å². The van der Waals surface area contributed by atoms with Crippen molar-refractivity contribution in [3.8, 4) is 5.75 Å². The SMILES string of the molecule is CCOC(=O)CN(C(=O)COC(=O)c1ccc(OCC)cc1)c1ccccc1. The molecule has 0 N–H and O–H groups in total. The van der Waals surface area contributed by atoms with Crippen molar-refractivity contribution in [2.45, 2.75) is 13.8 Å². The molecule has 28 heavy (non-hydrogen) atoms. The highest BCUT2D eigenvalue weighted by molar-refractivity contribution is 6.00. The Morgan fingerprint density at radius 1 is 0.857 bits per heavy atom. The molecule has 0 fully saturated rings. The van der Waals surface area contributed by atoms with Gasteiger partial charge in [0.15, 0.2) is 6.61 Å².